The van der Waals surface area contributed by atoms with Crippen molar-refractivity contribution in [3.05, 3.63) is 57.9 Å². The molecule has 0 amide bonds. The predicted molar refractivity (Wildman–Crippen MR) is 114 cm³/mol. The molecule has 1 saturated heterocycles. The molecule has 5 rings (SSSR count). The second-order valence-corrected chi connectivity index (χ2v) is 9.60. The number of nitro groups is 1. The van der Waals surface area contributed by atoms with Gasteiger partial charge in [-0.2, -0.15) is 4.31 Å². The lowest BCUT2D eigenvalue weighted by atomic mass is 10.1. The van der Waals surface area contributed by atoms with Gasteiger partial charge < -0.3 is 14.5 Å². The van der Waals surface area contributed by atoms with E-state index in [1.54, 1.807) is 18.3 Å². The Morgan fingerprint density at radius 1 is 1.22 bits per heavy atom. The van der Waals surface area contributed by atoms with Crippen molar-refractivity contribution in [2.24, 2.45) is 0 Å². The van der Waals surface area contributed by atoms with E-state index in [-0.39, 0.29) is 24.0 Å². The molecule has 1 fully saturated rings. The fourth-order valence-corrected chi connectivity index (χ4v) is 5.73. The maximum Gasteiger partial charge on any atom is 0.270 e. The summed E-state index contributed by atoms with van der Waals surface area (Å²) in [6, 6.07) is 6.43. The number of nitrogens with zero attached hydrogens (tertiary/aromatic N) is 4. The molecule has 0 unspecified atom stereocenters. The Balaban J connectivity index is 1.32. The quantitative estimate of drug-likeness (QED) is 0.452. The number of aromatic nitrogens is 2. The van der Waals surface area contributed by atoms with E-state index in [0.29, 0.717) is 60.6 Å². The molecule has 0 saturated carbocycles. The number of H-pyrrole nitrogens is 1. The number of fused-ring (bicyclic) bond motifs is 2. The minimum atomic E-state index is -3.67. The lowest BCUT2D eigenvalue weighted by molar-refractivity contribution is -0.385. The highest BCUT2D eigenvalue weighted by Gasteiger charge is 2.31. The lowest BCUT2D eigenvalue weighted by Crippen LogP contribution is -2.48. The first-order chi connectivity index (χ1) is 15.4. The summed E-state index contributed by atoms with van der Waals surface area (Å²) in [5.74, 6) is 0.614. The number of sulfonamides is 1. The molecule has 11 nitrogen and oxygen atoms in total. The first-order valence-electron chi connectivity index (χ1n) is 10.1. The van der Waals surface area contributed by atoms with Crippen molar-refractivity contribution in [3.8, 4) is 5.75 Å². The van der Waals surface area contributed by atoms with Gasteiger partial charge in [-0.25, -0.2) is 13.4 Å². The van der Waals surface area contributed by atoms with Crippen molar-refractivity contribution < 1.29 is 22.8 Å². The molecule has 2 aromatic heterocycles. The van der Waals surface area contributed by atoms with Gasteiger partial charge in [0.1, 0.15) is 16.3 Å². The minimum Gasteiger partial charge on any atom is -0.467 e. The summed E-state index contributed by atoms with van der Waals surface area (Å²) in [5, 5.41) is 11.9. The zero-order valence-corrected chi connectivity index (χ0v) is 17.9. The number of nitro benzene ring substituents is 1. The molecule has 168 valence electrons. The van der Waals surface area contributed by atoms with Gasteiger partial charge >= 0.3 is 0 Å². The molecule has 2 aliphatic rings. The molecule has 0 atom stereocenters. The summed E-state index contributed by atoms with van der Waals surface area (Å²) >= 11 is 0. The molecule has 1 aromatic carbocycles. The van der Waals surface area contributed by atoms with Crippen LogP contribution in [0.15, 0.2) is 41.6 Å². The van der Waals surface area contributed by atoms with Gasteiger partial charge in [-0.1, -0.05) is 0 Å². The standard InChI is InChI=1S/C20H21N5O6S/c26-25(27)16-8-14(19-15(9-16)12-30-13-31-19)11-23-4-6-24(7-5-23)32(28,29)18-10-22-20-17(18)2-1-3-21-20/h1-3,8-10H,4-7,11-13H2,(H,21,22). The van der Waals surface area contributed by atoms with E-state index in [1.807, 2.05) is 0 Å². The van der Waals surface area contributed by atoms with Gasteiger partial charge in [0, 0.05) is 73.8 Å². The molecule has 0 radical (unpaired) electrons. The van der Waals surface area contributed by atoms with E-state index >= 15 is 0 Å². The normalized spacial score (nSPS) is 17.8. The number of piperazine rings is 1. The largest absolute Gasteiger partial charge is 0.467 e. The fraction of sp³-hybridized carbons (Fsp3) is 0.350. The Kier molecular flexibility index (Phi) is 5.29. The smallest absolute Gasteiger partial charge is 0.270 e. The number of rotatable bonds is 5. The summed E-state index contributed by atoms with van der Waals surface area (Å²) in [7, 11) is -3.67. The average molecular weight is 459 g/mol. The third-order valence-electron chi connectivity index (χ3n) is 5.74. The molecule has 0 bridgehead atoms. The van der Waals surface area contributed by atoms with E-state index < -0.39 is 14.9 Å². The SMILES string of the molecule is O=[N+]([O-])c1cc2c(c(CN3CCN(S(=O)(=O)c4c[nH]c5ncccc45)CC3)c1)OCOC2. The van der Waals surface area contributed by atoms with Crippen LogP contribution in [-0.2, 0) is 27.9 Å². The Bertz CT molecular complexity index is 1280. The summed E-state index contributed by atoms with van der Waals surface area (Å²) in [5.41, 5.74) is 1.87. The van der Waals surface area contributed by atoms with Crippen LogP contribution in [0, 0.1) is 10.1 Å². The summed E-state index contributed by atoms with van der Waals surface area (Å²) < 4.78 is 38.7. The van der Waals surface area contributed by atoms with Gasteiger partial charge in [-0.05, 0) is 12.1 Å². The van der Waals surface area contributed by atoms with Crippen LogP contribution in [0.2, 0.25) is 0 Å². The second-order valence-electron chi connectivity index (χ2n) is 7.69. The van der Waals surface area contributed by atoms with Crippen LogP contribution in [-0.4, -0.2) is 65.5 Å². The van der Waals surface area contributed by atoms with Gasteiger partial charge in [0.25, 0.3) is 5.69 Å². The van der Waals surface area contributed by atoms with E-state index in [0.717, 1.165) is 0 Å². The molecule has 2 aliphatic heterocycles. The number of pyridine rings is 1. The van der Waals surface area contributed by atoms with E-state index in [1.165, 1.54) is 22.6 Å². The zero-order valence-electron chi connectivity index (χ0n) is 17.1. The highest BCUT2D eigenvalue weighted by atomic mass is 32.2. The second kappa shape index (κ2) is 8.13. The van der Waals surface area contributed by atoms with Crippen molar-refractivity contribution in [2.45, 2.75) is 18.0 Å². The van der Waals surface area contributed by atoms with Gasteiger partial charge in [-0.15, -0.1) is 0 Å². The topological polar surface area (TPSA) is 131 Å². The number of nitrogens with one attached hydrogen (secondary N) is 1. The summed E-state index contributed by atoms with van der Waals surface area (Å²) in [6.45, 7) is 2.40. The Labute approximate surface area is 183 Å². The average Bonchev–Trinajstić information content (AvgIpc) is 3.24. The van der Waals surface area contributed by atoms with Gasteiger partial charge in [0.2, 0.25) is 10.0 Å². The molecule has 0 spiro atoms. The van der Waals surface area contributed by atoms with Crippen molar-refractivity contribution in [3.63, 3.8) is 0 Å². The first kappa shape index (κ1) is 20.8. The molecule has 4 heterocycles. The van der Waals surface area contributed by atoms with Crippen molar-refractivity contribution >= 4 is 26.7 Å². The zero-order chi connectivity index (χ0) is 22.3. The number of ether oxygens (including phenoxy) is 2. The van der Waals surface area contributed by atoms with Gasteiger partial charge in [-0.3, -0.25) is 15.0 Å². The van der Waals surface area contributed by atoms with Crippen LogP contribution in [0.1, 0.15) is 11.1 Å². The van der Waals surface area contributed by atoms with E-state index in [2.05, 4.69) is 14.9 Å². The van der Waals surface area contributed by atoms with Crippen LogP contribution in [0.25, 0.3) is 11.0 Å². The van der Waals surface area contributed by atoms with Crippen molar-refractivity contribution in [1.29, 1.82) is 0 Å². The Morgan fingerprint density at radius 3 is 2.81 bits per heavy atom. The number of hydrogen-bond acceptors (Lipinski definition) is 8. The van der Waals surface area contributed by atoms with Gasteiger partial charge in [0.05, 0.1) is 11.5 Å². The molecular formula is C20H21N5O6S. The number of hydrogen-bond donors (Lipinski definition) is 1. The number of benzene rings is 1. The maximum absolute atomic E-state index is 13.2. The molecule has 3 aromatic rings. The highest BCUT2D eigenvalue weighted by molar-refractivity contribution is 7.89. The summed E-state index contributed by atoms with van der Waals surface area (Å²) in [6.07, 6.45) is 3.09. The molecule has 1 N–H and O–H groups in total. The van der Waals surface area contributed by atoms with Crippen LogP contribution >= 0.6 is 0 Å². The Morgan fingerprint density at radius 2 is 2.03 bits per heavy atom. The fourth-order valence-electron chi connectivity index (χ4n) is 4.16. The van der Waals surface area contributed by atoms with Crippen molar-refractivity contribution in [2.75, 3.05) is 33.0 Å². The van der Waals surface area contributed by atoms with E-state index in [4.69, 9.17) is 9.47 Å². The lowest BCUT2D eigenvalue weighted by Gasteiger charge is -2.34. The molecular weight excluding hydrogens is 438 g/mol. The molecule has 12 heteroatoms. The predicted octanol–water partition coefficient (Wildman–Crippen LogP) is 1.84. The highest BCUT2D eigenvalue weighted by Crippen LogP contribution is 2.34. The van der Waals surface area contributed by atoms with E-state index in [9.17, 15) is 18.5 Å². The number of non-ortho nitro benzene ring substituents is 1. The van der Waals surface area contributed by atoms with Crippen LogP contribution < -0.4 is 4.74 Å². The maximum atomic E-state index is 13.2. The first-order valence-corrected chi connectivity index (χ1v) is 11.5. The summed E-state index contributed by atoms with van der Waals surface area (Å²) in [4.78, 5) is 20.2. The minimum absolute atomic E-state index is 0.0120. The monoisotopic (exact) mass is 459 g/mol. The third kappa shape index (κ3) is 3.71. The number of aromatic amines is 1. The van der Waals surface area contributed by atoms with Crippen molar-refractivity contribution in [1.82, 2.24) is 19.2 Å². The van der Waals surface area contributed by atoms with Gasteiger partial charge in [0.15, 0.2) is 6.79 Å². The molecule has 0 aliphatic carbocycles. The molecule has 32 heavy (non-hydrogen) atoms. The Hall–Kier alpha value is -3.06. The van der Waals surface area contributed by atoms with Crippen LogP contribution in [0.4, 0.5) is 5.69 Å². The van der Waals surface area contributed by atoms with Crippen LogP contribution in [0.5, 0.6) is 5.75 Å². The van der Waals surface area contributed by atoms with Crippen LogP contribution in [0.3, 0.4) is 0 Å². The third-order valence-corrected chi connectivity index (χ3v) is 7.68.